The Hall–Kier alpha value is -2.45. The number of amides is 3. The lowest BCUT2D eigenvalue weighted by Gasteiger charge is -2.44. The van der Waals surface area contributed by atoms with Crippen LogP contribution in [0.1, 0.15) is 42.5 Å². The Bertz CT molecular complexity index is 1030. The highest BCUT2D eigenvalue weighted by Gasteiger charge is 2.49. The van der Waals surface area contributed by atoms with Crippen molar-refractivity contribution in [2.24, 2.45) is 5.41 Å². The summed E-state index contributed by atoms with van der Waals surface area (Å²) in [6, 6.07) is 8.19. The molecule has 7 nitrogen and oxygen atoms in total. The second kappa shape index (κ2) is 7.35. The highest BCUT2D eigenvalue weighted by atomic mass is 32.1. The van der Waals surface area contributed by atoms with E-state index in [2.05, 4.69) is 10.2 Å². The summed E-state index contributed by atoms with van der Waals surface area (Å²) >= 11 is 1.46. The second-order valence-corrected chi connectivity index (χ2v) is 9.85. The molecule has 4 heterocycles. The van der Waals surface area contributed by atoms with Gasteiger partial charge >= 0.3 is 0 Å². The van der Waals surface area contributed by atoms with Crippen LogP contribution in [0.25, 0.3) is 10.1 Å². The molecule has 0 saturated carbocycles. The van der Waals surface area contributed by atoms with Gasteiger partial charge in [-0.2, -0.15) is 0 Å². The highest BCUT2D eigenvalue weighted by molar-refractivity contribution is 7.23. The van der Waals surface area contributed by atoms with Crippen molar-refractivity contribution in [2.45, 2.75) is 38.1 Å². The predicted molar refractivity (Wildman–Crippen MR) is 116 cm³/mol. The number of rotatable bonds is 2. The van der Waals surface area contributed by atoms with Gasteiger partial charge in [0.05, 0.1) is 16.0 Å². The lowest BCUT2D eigenvalue weighted by molar-refractivity contribution is -0.131. The number of nitrogen functional groups attached to an aromatic ring is 1. The monoisotopic (exact) mass is 426 g/mol. The van der Waals surface area contributed by atoms with Crippen LogP contribution in [0.3, 0.4) is 0 Å². The van der Waals surface area contributed by atoms with E-state index in [1.807, 2.05) is 29.2 Å². The summed E-state index contributed by atoms with van der Waals surface area (Å²) in [5.41, 5.74) is 6.28. The minimum Gasteiger partial charge on any atom is -0.390 e. The van der Waals surface area contributed by atoms with Crippen LogP contribution in [-0.2, 0) is 9.59 Å². The molecule has 158 valence electrons. The van der Waals surface area contributed by atoms with Gasteiger partial charge in [0.1, 0.15) is 0 Å². The van der Waals surface area contributed by atoms with Gasteiger partial charge in [-0.1, -0.05) is 18.2 Å². The molecule has 30 heavy (non-hydrogen) atoms. The molecule has 8 heteroatoms. The number of nitrogens with two attached hydrogens (primary N) is 1. The van der Waals surface area contributed by atoms with Gasteiger partial charge < -0.3 is 10.6 Å². The summed E-state index contributed by atoms with van der Waals surface area (Å²) < 4.78 is 1.04. The molecule has 2 aromatic rings. The number of thiophene rings is 1. The first kappa shape index (κ1) is 19.5. The third-order valence-electron chi connectivity index (χ3n) is 6.94. The highest BCUT2D eigenvalue weighted by Crippen LogP contribution is 2.39. The number of hydrogen-bond donors (Lipinski definition) is 2. The minimum absolute atomic E-state index is 0.0132. The Morgan fingerprint density at radius 1 is 1.17 bits per heavy atom. The number of nitrogens with one attached hydrogen (secondary N) is 1. The molecule has 3 saturated heterocycles. The Morgan fingerprint density at radius 3 is 2.67 bits per heavy atom. The smallest absolute Gasteiger partial charge is 0.257 e. The largest absolute Gasteiger partial charge is 0.390 e. The molecule has 3 aliphatic rings. The van der Waals surface area contributed by atoms with E-state index in [-0.39, 0.29) is 17.7 Å². The van der Waals surface area contributed by atoms with E-state index in [1.165, 1.54) is 11.3 Å². The Morgan fingerprint density at radius 2 is 1.93 bits per heavy atom. The van der Waals surface area contributed by atoms with Crippen molar-refractivity contribution in [1.29, 1.82) is 0 Å². The van der Waals surface area contributed by atoms with Crippen molar-refractivity contribution in [3.8, 4) is 0 Å². The fraction of sp³-hybridized carbons (Fsp3) is 0.500. The van der Waals surface area contributed by atoms with Crippen LogP contribution < -0.4 is 11.1 Å². The lowest BCUT2D eigenvalue weighted by Crippen LogP contribution is -2.54. The average Bonchev–Trinajstić information content (AvgIpc) is 3.22. The zero-order valence-electron chi connectivity index (χ0n) is 16.9. The number of carbonyl (C=O) groups excluding carboxylic acids is 3. The van der Waals surface area contributed by atoms with E-state index in [0.717, 1.165) is 42.3 Å². The predicted octanol–water partition coefficient (Wildman–Crippen LogP) is 2.22. The lowest BCUT2D eigenvalue weighted by atomic mass is 9.77. The molecule has 1 aromatic carbocycles. The van der Waals surface area contributed by atoms with Crippen LogP contribution in [0.5, 0.6) is 0 Å². The molecule has 3 amide bonds. The molecule has 3 aliphatic heterocycles. The number of hydrogen-bond acceptors (Lipinski definition) is 6. The molecular formula is C22H26N4O3S. The summed E-state index contributed by atoms with van der Waals surface area (Å²) in [6.07, 6.45) is 3.77. The van der Waals surface area contributed by atoms with Crippen LogP contribution in [0.15, 0.2) is 24.3 Å². The van der Waals surface area contributed by atoms with E-state index in [1.54, 1.807) is 0 Å². The summed E-state index contributed by atoms with van der Waals surface area (Å²) in [4.78, 5) is 41.6. The van der Waals surface area contributed by atoms with Gasteiger partial charge in [0.2, 0.25) is 11.8 Å². The van der Waals surface area contributed by atoms with Crippen LogP contribution in [0.4, 0.5) is 5.00 Å². The fourth-order valence-corrected chi connectivity index (χ4v) is 6.34. The van der Waals surface area contributed by atoms with Crippen molar-refractivity contribution >= 4 is 44.1 Å². The Balaban J connectivity index is 1.26. The van der Waals surface area contributed by atoms with E-state index in [0.29, 0.717) is 42.7 Å². The summed E-state index contributed by atoms with van der Waals surface area (Å²) in [5, 5.41) is 4.00. The number of nitrogens with zero attached hydrogens (tertiary/aromatic N) is 2. The molecule has 1 unspecified atom stereocenters. The average molecular weight is 427 g/mol. The number of likely N-dealkylation sites (tertiary alicyclic amines) is 2. The van der Waals surface area contributed by atoms with Crippen molar-refractivity contribution in [3.63, 3.8) is 0 Å². The van der Waals surface area contributed by atoms with Gasteiger partial charge in [0.15, 0.2) is 0 Å². The van der Waals surface area contributed by atoms with E-state index >= 15 is 0 Å². The van der Waals surface area contributed by atoms with Crippen LogP contribution in [-0.4, -0.2) is 59.7 Å². The molecule has 0 bridgehead atoms. The maximum atomic E-state index is 13.2. The number of imide groups is 1. The van der Waals surface area contributed by atoms with E-state index in [4.69, 9.17) is 5.73 Å². The van der Waals surface area contributed by atoms with Crippen LogP contribution in [0, 0.1) is 5.41 Å². The number of piperidine rings is 2. The molecule has 3 fully saturated rings. The van der Waals surface area contributed by atoms with E-state index in [9.17, 15) is 14.4 Å². The third-order valence-corrected chi connectivity index (χ3v) is 7.94. The topological polar surface area (TPSA) is 95.7 Å². The fourth-order valence-electron chi connectivity index (χ4n) is 5.38. The number of benzene rings is 1. The van der Waals surface area contributed by atoms with Crippen molar-refractivity contribution in [1.82, 2.24) is 15.1 Å². The molecular weight excluding hydrogens is 400 g/mol. The zero-order chi connectivity index (χ0) is 20.9. The van der Waals surface area contributed by atoms with E-state index < -0.39 is 5.41 Å². The summed E-state index contributed by atoms with van der Waals surface area (Å²) in [6.45, 7) is 2.96. The Kier molecular flexibility index (Phi) is 4.78. The van der Waals surface area contributed by atoms with Crippen LogP contribution in [0.2, 0.25) is 0 Å². The van der Waals surface area contributed by atoms with Gasteiger partial charge in [0, 0.05) is 42.2 Å². The molecule has 1 atom stereocenters. The second-order valence-electron chi connectivity index (χ2n) is 8.77. The first-order chi connectivity index (χ1) is 14.5. The Labute approximate surface area is 179 Å². The first-order valence-electron chi connectivity index (χ1n) is 10.6. The standard InChI is InChI=1S/C22H26N4O3S/c23-19-18(15-4-1-2-5-16(15)30-19)20(28)25-10-6-14(7-11-25)26-9-3-8-22(13-26)12-17(27)24-21(22)29/h1-2,4-5,14H,3,6-13,23H2,(H,24,27,29). The number of carbonyl (C=O) groups is 3. The molecule has 1 spiro atoms. The van der Waals surface area contributed by atoms with Crippen molar-refractivity contribution < 1.29 is 14.4 Å². The first-order valence-corrected chi connectivity index (χ1v) is 11.4. The maximum Gasteiger partial charge on any atom is 0.257 e. The SMILES string of the molecule is Nc1sc2ccccc2c1C(=O)N1CCC(N2CCCC3(CC(=O)NC3=O)C2)CC1. The zero-order valence-corrected chi connectivity index (χ0v) is 17.7. The summed E-state index contributed by atoms with van der Waals surface area (Å²) in [5.74, 6) is -0.244. The quantitative estimate of drug-likeness (QED) is 0.718. The van der Waals surface area contributed by atoms with Crippen molar-refractivity contribution in [2.75, 3.05) is 31.9 Å². The summed E-state index contributed by atoms with van der Waals surface area (Å²) in [7, 11) is 0. The normalized spacial score (nSPS) is 25.9. The van der Waals surface area contributed by atoms with Gasteiger partial charge in [-0.05, 0) is 38.3 Å². The maximum absolute atomic E-state index is 13.2. The van der Waals surface area contributed by atoms with Gasteiger partial charge in [-0.25, -0.2) is 0 Å². The molecule has 1 aromatic heterocycles. The van der Waals surface area contributed by atoms with Gasteiger partial charge in [-0.15, -0.1) is 11.3 Å². The minimum atomic E-state index is -0.549. The number of anilines is 1. The van der Waals surface area contributed by atoms with Gasteiger partial charge in [-0.3, -0.25) is 24.6 Å². The molecule has 5 rings (SSSR count). The molecule has 3 N–H and O–H groups in total. The molecule has 0 radical (unpaired) electrons. The van der Waals surface area contributed by atoms with Gasteiger partial charge in [0.25, 0.3) is 5.91 Å². The molecule has 0 aliphatic carbocycles. The van der Waals surface area contributed by atoms with Crippen molar-refractivity contribution in [3.05, 3.63) is 29.8 Å². The number of fused-ring (bicyclic) bond motifs is 1. The third kappa shape index (κ3) is 3.18. The van der Waals surface area contributed by atoms with Crippen LogP contribution >= 0.6 is 11.3 Å².